The molecule has 0 radical (unpaired) electrons. The molecule has 1 aromatic rings. The molecule has 20 heavy (non-hydrogen) atoms. The van der Waals surface area contributed by atoms with Crippen molar-refractivity contribution in [2.45, 2.75) is 37.2 Å². The van der Waals surface area contributed by atoms with Crippen molar-refractivity contribution >= 4 is 16.0 Å². The van der Waals surface area contributed by atoms with E-state index in [0.717, 1.165) is 25.3 Å². The molecule has 0 amide bonds. The number of sulfonamides is 1. The molecule has 112 valence electrons. The van der Waals surface area contributed by atoms with Gasteiger partial charge in [-0.05, 0) is 26.2 Å². The van der Waals surface area contributed by atoms with Gasteiger partial charge in [0.2, 0.25) is 15.8 Å². The first-order chi connectivity index (χ1) is 9.40. The molecule has 7 nitrogen and oxygen atoms in total. The summed E-state index contributed by atoms with van der Waals surface area (Å²) in [5.41, 5.74) is 0. The molecule has 0 saturated carbocycles. The van der Waals surface area contributed by atoms with E-state index < -0.39 is 21.8 Å². The summed E-state index contributed by atoms with van der Waals surface area (Å²) in [6.07, 6.45) is 2.68. The molecule has 1 aliphatic heterocycles. The van der Waals surface area contributed by atoms with Crippen LogP contribution in [0.1, 0.15) is 35.6 Å². The zero-order valence-electron chi connectivity index (χ0n) is 11.1. The number of aromatic carboxylic acids is 1. The normalized spacial score (nSPS) is 19.9. The second-order valence-electron chi connectivity index (χ2n) is 4.68. The maximum Gasteiger partial charge on any atom is 0.371 e. The molecule has 1 fully saturated rings. The Hall–Kier alpha value is -1.38. The van der Waals surface area contributed by atoms with E-state index in [1.165, 1.54) is 6.92 Å². The van der Waals surface area contributed by atoms with Crippen molar-refractivity contribution in [1.82, 2.24) is 4.72 Å². The summed E-state index contributed by atoms with van der Waals surface area (Å²) in [6, 6.07) is 1.02. The Balaban J connectivity index is 2.07. The zero-order valence-corrected chi connectivity index (χ0v) is 11.9. The number of hydrogen-bond acceptors (Lipinski definition) is 5. The van der Waals surface area contributed by atoms with Crippen LogP contribution in [0.15, 0.2) is 15.4 Å². The van der Waals surface area contributed by atoms with E-state index >= 15 is 0 Å². The van der Waals surface area contributed by atoms with Gasteiger partial charge in [0.1, 0.15) is 10.7 Å². The highest BCUT2D eigenvalue weighted by atomic mass is 32.2. The summed E-state index contributed by atoms with van der Waals surface area (Å²) >= 11 is 0. The topological polar surface area (TPSA) is 106 Å². The van der Waals surface area contributed by atoms with Crippen LogP contribution in [0.4, 0.5) is 0 Å². The van der Waals surface area contributed by atoms with Gasteiger partial charge < -0.3 is 14.3 Å². The first-order valence-electron chi connectivity index (χ1n) is 6.35. The average molecular weight is 303 g/mol. The van der Waals surface area contributed by atoms with E-state index in [9.17, 15) is 13.2 Å². The lowest BCUT2D eigenvalue weighted by molar-refractivity contribution is 0.0200. The predicted molar refractivity (Wildman–Crippen MR) is 69.2 cm³/mol. The molecule has 2 rings (SSSR count). The summed E-state index contributed by atoms with van der Waals surface area (Å²) < 4.78 is 37.0. The van der Waals surface area contributed by atoms with Gasteiger partial charge in [-0.3, -0.25) is 0 Å². The van der Waals surface area contributed by atoms with Crippen LogP contribution in [0, 0.1) is 6.92 Å². The largest absolute Gasteiger partial charge is 0.475 e. The lowest BCUT2D eigenvalue weighted by atomic mass is 10.1. The lowest BCUT2D eigenvalue weighted by Gasteiger charge is -2.22. The van der Waals surface area contributed by atoms with Crippen LogP contribution in [0.3, 0.4) is 0 Å². The SMILES string of the molecule is Cc1oc(C(=O)O)cc1S(=O)(=O)NCC1CCCCO1. The van der Waals surface area contributed by atoms with Gasteiger partial charge in [0.15, 0.2) is 0 Å². The summed E-state index contributed by atoms with van der Waals surface area (Å²) in [4.78, 5) is 10.6. The van der Waals surface area contributed by atoms with Gasteiger partial charge in [-0.25, -0.2) is 17.9 Å². The number of ether oxygens (including phenoxy) is 1. The fourth-order valence-corrected chi connectivity index (χ4v) is 3.33. The molecule has 2 heterocycles. The Morgan fingerprint density at radius 2 is 2.25 bits per heavy atom. The molecule has 8 heteroatoms. The fraction of sp³-hybridized carbons (Fsp3) is 0.583. The second kappa shape index (κ2) is 5.94. The highest BCUT2D eigenvalue weighted by Gasteiger charge is 2.25. The Kier molecular flexibility index (Phi) is 4.46. The maximum atomic E-state index is 12.1. The minimum atomic E-state index is -3.79. The highest BCUT2D eigenvalue weighted by molar-refractivity contribution is 7.89. The summed E-state index contributed by atoms with van der Waals surface area (Å²) in [5, 5.41) is 8.79. The number of aryl methyl sites for hydroxylation is 1. The second-order valence-corrected chi connectivity index (χ2v) is 6.41. The van der Waals surface area contributed by atoms with E-state index in [-0.39, 0.29) is 23.3 Å². The van der Waals surface area contributed by atoms with E-state index in [0.29, 0.717) is 6.61 Å². The Bertz CT molecular complexity index is 585. The number of carbonyl (C=O) groups is 1. The maximum absolute atomic E-state index is 12.1. The minimum absolute atomic E-state index is 0.0551. The minimum Gasteiger partial charge on any atom is -0.475 e. The number of hydrogen-bond donors (Lipinski definition) is 2. The van der Waals surface area contributed by atoms with Crippen LogP contribution in [-0.2, 0) is 14.8 Å². The van der Waals surface area contributed by atoms with Gasteiger partial charge in [-0.15, -0.1) is 0 Å². The summed E-state index contributed by atoms with van der Waals surface area (Å²) in [7, 11) is -3.79. The smallest absolute Gasteiger partial charge is 0.371 e. The Labute approximate surface area is 117 Å². The van der Waals surface area contributed by atoms with Gasteiger partial charge in [0.05, 0.1) is 6.10 Å². The van der Waals surface area contributed by atoms with Gasteiger partial charge in [0.25, 0.3) is 0 Å². The molecule has 2 N–H and O–H groups in total. The van der Waals surface area contributed by atoms with Crippen LogP contribution in [0.5, 0.6) is 0 Å². The van der Waals surface area contributed by atoms with Crippen LogP contribution in [0.2, 0.25) is 0 Å². The number of carboxylic acids is 1. The van der Waals surface area contributed by atoms with Gasteiger partial charge in [-0.2, -0.15) is 0 Å². The van der Waals surface area contributed by atoms with Crippen molar-refractivity contribution < 1.29 is 27.5 Å². The third-order valence-electron chi connectivity index (χ3n) is 3.15. The monoisotopic (exact) mass is 303 g/mol. The van der Waals surface area contributed by atoms with Gasteiger partial charge in [0, 0.05) is 19.2 Å². The zero-order chi connectivity index (χ0) is 14.8. The number of rotatable bonds is 5. The molecule has 1 saturated heterocycles. The quantitative estimate of drug-likeness (QED) is 0.844. The van der Waals surface area contributed by atoms with Gasteiger partial charge in [-0.1, -0.05) is 0 Å². The predicted octanol–water partition coefficient (Wildman–Crippen LogP) is 1.13. The van der Waals surface area contributed by atoms with E-state index in [1.54, 1.807) is 0 Å². The van der Waals surface area contributed by atoms with Crippen molar-refractivity contribution in [3.8, 4) is 0 Å². The lowest BCUT2D eigenvalue weighted by Crippen LogP contribution is -2.35. The van der Waals surface area contributed by atoms with Crippen LogP contribution >= 0.6 is 0 Å². The molecule has 1 atom stereocenters. The average Bonchev–Trinajstić information content (AvgIpc) is 2.81. The fourth-order valence-electron chi connectivity index (χ4n) is 2.09. The van der Waals surface area contributed by atoms with E-state index in [4.69, 9.17) is 14.3 Å². The Morgan fingerprint density at radius 3 is 2.80 bits per heavy atom. The van der Waals surface area contributed by atoms with E-state index in [1.807, 2.05) is 0 Å². The molecule has 0 aliphatic carbocycles. The Morgan fingerprint density at radius 1 is 1.50 bits per heavy atom. The standard InChI is InChI=1S/C12H17NO6S/c1-8-11(6-10(19-8)12(14)15)20(16,17)13-7-9-4-2-3-5-18-9/h6,9,13H,2-5,7H2,1H3,(H,14,15). The van der Waals surface area contributed by atoms with E-state index in [2.05, 4.69) is 4.72 Å². The molecule has 0 aromatic carbocycles. The van der Waals surface area contributed by atoms with Crippen molar-refractivity contribution in [2.75, 3.05) is 13.2 Å². The molecule has 0 spiro atoms. The van der Waals surface area contributed by atoms with Gasteiger partial charge >= 0.3 is 5.97 Å². The molecular formula is C12H17NO6S. The third-order valence-corrected chi connectivity index (χ3v) is 4.68. The van der Waals surface area contributed by atoms with Crippen LogP contribution in [0.25, 0.3) is 0 Å². The molecule has 1 aliphatic rings. The van der Waals surface area contributed by atoms with Crippen molar-refractivity contribution in [2.24, 2.45) is 0 Å². The van der Waals surface area contributed by atoms with Crippen molar-refractivity contribution in [1.29, 1.82) is 0 Å². The summed E-state index contributed by atoms with van der Waals surface area (Å²) in [5.74, 6) is -1.64. The first kappa shape index (κ1) is 15.0. The number of carboxylic acid groups (broad SMARTS) is 1. The molecule has 1 aromatic heterocycles. The third kappa shape index (κ3) is 3.38. The van der Waals surface area contributed by atoms with Crippen LogP contribution < -0.4 is 4.72 Å². The molecular weight excluding hydrogens is 286 g/mol. The van der Waals surface area contributed by atoms with Crippen LogP contribution in [-0.4, -0.2) is 38.7 Å². The highest BCUT2D eigenvalue weighted by Crippen LogP contribution is 2.20. The van der Waals surface area contributed by atoms with Crippen molar-refractivity contribution in [3.63, 3.8) is 0 Å². The van der Waals surface area contributed by atoms with Crippen molar-refractivity contribution in [3.05, 3.63) is 17.6 Å². The number of furan rings is 1. The molecule has 1 unspecified atom stereocenters. The first-order valence-corrected chi connectivity index (χ1v) is 7.83. The molecule has 0 bridgehead atoms. The number of nitrogens with one attached hydrogen (secondary N) is 1. The summed E-state index contributed by atoms with van der Waals surface area (Å²) in [6.45, 7) is 2.23.